The molecular weight excluding hydrogens is 330 g/mol. The van der Waals surface area contributed by atoms with Crippen LogP contribution in [-0.2, 0) is 0 Å². The Hall–Kier alpha value is -0.910. The van der Waals surface area contributed by atoms with Crippen molar-refractivity contribution in [1.82, 2.24) is 15.1 Å². The highest BCUT2D eigenvalue weighted by Crippen LogP contribution is 2.19. The molecule has 0 bridgehead atoms. The van der Waals surface area contributed by atoms with Gasteiger partial charge in [-0.1, -0.05) is 22.0 Å². The predicted molar refractivity (Wildman–Crippen MR) is 89.8 cm³/mol. The predicted octanol–water partition coefficient (Wildman–Crippen LogP) is 2.12. The zero-order chi connectivity index (χ0) is 15.2. The summed E-state index contributed by atoms with van der Waals surface area (Å²) < 4.78 is 0.979. The first-order valence-corrected chi connectivity index (χ1v) is 8.31. The van der Waals surface area contributed by atoms with Crippen molar-refractivity contribution in [3.63, 3.8) is 0 Å². The summed E-state index contributed by atoms with van der Waals surface area (Å²) in [5, 5.41) is 3.02. The second-order valence-electron chi connectivity index (χ2n) is 5.67. The minimum atomic E-state index is 0.0205. The number of benzene rings is 1. The van der Waals surface area contributed by atoms with Gasteiger partial charge in [0.05, 0.1) is 0 Å². The molecule has 5 heteroatoms. The van der Waals surface area contributed by atoms with E-state index in [1.54, 1.807) is 0 Å². The first-order valence-electron chi connectivity index (χ1n) is 7.52. The minimum absolute atomic E-state index is 0.0205. The van der Waals surface area contributed by atoms with E-state index in [1.807, 2.05) is 25.1 Å². The third-order valence-corrected chi connectivity index (χ3v) is 4.90. The number of piperazine rings is 1. The van der Waals surface area contributed by atoms with Crippen LogP contribution in [0.2, 0.25) is 0 Å². The quantitative estimate of drug-likeness (QED) is 0.823. The van der Waals surface area contributed by atoms with Crippen molar-refractivity contribution < 1.29 is 4.79 Å². The summed E-state index contributed by atoms with van der Waals surface area (Å²) in [4.78, 5) is 17.0. The van der Waals surface area contributed by atoms with Crippen molar-refractivity contribution in [2.24, 2.45) is 0 Å². The maximum Gasteiger partial charge on any atom is 0.251 e. The Morgan fingerprint density at radius 2 is 2.00 bits per heavy atom. The molecule has 116 valence electrons. The van der Waals surface area contributed by atoms with Gasteiger partial charge < -0.3 is 15.1 Å². The molecule has 0 radical (unpaired) electrons. The van der Waals surface area contributed by atoms with Crippen LogP contribution in [0.25, 0.3) is 0 Å². The molecule has 0 aliphatic carbocycles. The van der Waals surface area contributed by atoms with Gasteiger partial charge in [0.1, 0.15) is 0 Å². The van der Waals surface area contributed by atoms with Crippen molar-refractivity contribution in [3.8, 4) is 0 Å². The molecule has 1 aliphatic heterocycles. The molecule has 1 aliphatic rings. The summed E-state index contributed by atoms with van der Waals surface area (Å²) in [5.41, 5.74) is 1.75. The number of hydrogen-bond donors (Lipinski definition) is 1. The minimum Gasteiger partial charge on any atom is -0.352 e. The second kappa shape index (κ2) is 7.92. The Morgan fingerprint density at radius 3 is 2.71 bits per heavy atom. The fraction of sp³-hybridized carbons (Fsp3) is 0.562. The van der Waals surface area contributed by atoms with Crippen molar-refractivity contribution >= 4 is 21.8 Å². The zero-order valence-electron chi connectivity index (χ0n) is 12.9. The van der Waals surface area contributed by atoms with Crippen molar-refractivity contribution in [2.45, 2.75) is 13.3 Å². The number of halogens is 1. The van der Waals surface area contributed by atoms with E-state index in [4.69, 9.17) is 0 Å². The summed E-state index contributed by atoms with van der Waals surface area (Å²) in [6.45, 7) is 8.31. The molecule has 0 unspecified atom stereocenters. The van der Waals surface area contributed by atoms with Gasteiger partial charge >= 0.3 is 0 Å². The van der Waals surface area contributed by atoms with Crippen LogP contribution < -0.4 is 5.32 Å². The Labute approximate surface area is 135 Å². The van der Waals surface area contributed by atoms with Crippen LogP contribution in [0.4, 0.5) is 0 Å². The van der Waals surface area contributed by atoms with Gasteiger partial charge in [0.25, 0.3) is 5.91 Å². The molecule has 0 aromatic heterocycles. The Morgan fingerprint density at radius 1 is 1.29 bits per heavy atom. The molecule has 0 saturated carbocycles. The van der Waals surface area contributed by atoms with Crippen molar-refractivity contribution in [2.75, 3.05) is 46.3 Å². The number of nitrogens with one attached hydrogen (secondary N) is 1. The average Bonchev–Trinajstić information content (AvgIpc) is 2.48. The highest BCUT2D eigenvalue weighted by atomic mass is 79.9. The average molecular weight is 354 g/mol. The molecule has 1 N–H and O–H groups in total. The summed E-state index contributed by atoms with van der Waals surface area (Å²) in [7, 11) is 2.16. The first kappa shape index (κ1) is 16.5. The fourth-order valence-corrected chi connectivity index (χ4v) is 2.89. The van der Waals surface area contributed by atoms with Crippen molar-refractivity contribution in [1.29, 1.82) is 0 Å². The summed E-state index contributed by atoms with van der Waals surface area (Å²) in [5.74, 6) is 0.0205. The fourth-order valence-electron chi connectivity index (χ4n) is 2.52. The number of amides is 1. The lowest BCUT2D eigenvalue weighted by molar-refractivity contribution is 0.0948. The number of carbonyl (C=O) groups excluding carboxylic acids is 1. The number of nitrogens with zero attached hydrogens (tertiary/aromatic N) is 2. The van der Waals surface area contributed by atoms with Gasteiger partial charge in [0.15, 0.2) is 0 Å². The van der Waals surface area contributed by atoms with E-state index in [1.165, 1.54) is 0 Å². The van der Waals surface area contributed by atoms with E-state index >= 15 is 0 Å². The smallest absolute Gasteiger partial charge is 0.251 e. The lowest BCUT2D eigenvalue weighted by Crippen LogP contribution is -2.45. The molecule has 1 aromatic carbocycles. The normalized spacial score (nSPS) is 16.9. The van der Waals surface area contributed by atoms with Crippen LogP contribution in [-0.4, -0.2) is 62.0 Å². The molecule has 2 rings (SSSR count). The van der Waals surface area contributed by atoms with Gasteiger partial charge in [-0.2, -0.15) is 0 Å². The first-order chi connectivity index (χ1) is 10.1. The maximum absolute atomic E-state index is 12.2. The van der Waals surface area contributed by atoms with Gasteiger partial charge in [-0.15, -0.1) is 0 Å². The number of likely N-dealkylation sites (N-methyl/N-ethyl adjacent to an activating group) is 1. The van der Waals surface area contributed by atoms with Gasteiger partial charge in [-0.05, 0) is 44.6 Å². The summed E-state index contributed by atoms with van der Waals surface area (Å²) in [6, 6.07) is 5.73. The molecule has 1 fully saturated rings. The van der Waals surface area contributed by atoms with Crippen LogP contribution in [0.5, 0.6) is 0 Å². The zero-order valence-corrected chi connectivity index (χ0v) is 14.4. The van der Waals surface area contributed by atoms with Gasteiger partial charge in [0.2, 0.25) is 0 Å². The third kappa shape index (κ3) is 4.80. The molecule has 1 heterocycles. The standard InChI is InChI=1S/C16H24BrN3O/c1-13-14(5-3-6-15(13)17)16(21)18-7-4-8-20-11-9-19(2)10-12-20/h3,5-6H,4,7-12H2,1-2H3,(H,18,21). The lowest BCUT2D eigenvalue weighted by Gasteiger charge is -2.32. The largest absolute Gasteiger partial charge is 0.352 e. The Bertz CT molecular complexity index is 484. The van der Waals surface area contributed by atoms with Crippen LogP contribution in [0.15, 0.2) is 22.7 Å². The molecule has 21 heavy (non-hydrogen) atoms. The van der Waals surface area contributed by atoms with Crippen LogP contribution in [0, 0.1) is 6.92 Å². The maximum atomic E-state index is 12.2. The van der Waals surface area contributed by atoms with Crippen LogP contribution in [0.1, 0.15) is 22.3 Å². The van der Waals surface area contributed by atoms with E-state index in [0.717, 1.165) is 61.3 Å². The van der Waals surface area contributed by atoms with E-state index in [9.17, 15) is 4.79 Å². The highest BCUT2D eigenvalue weighted by Gasteiger charge is 2.13. The molecular formula is C16H24BrN3O. The van der Waals surface area contributed by atoms with E-state index in [-0.39, 0.29) is 5.91 Å². The van der Waals surface area contributed by atoms with Crippen LogP contribution in [0.3, 0.4) is 0 Å². The second-order valence-corrected chi connectivity index (χ2v) is 6.52. The third-order valence-electron chi connectivity index (χ3n) is 4.04. The van der Waals surface area contributed by atoms with E-state index < -0.39 is 0 Å². The Kier molecular flexibility index (Phi) is 6.21. The van der Waals surface area contributed by atoms with E-state index in [2.05, 4.69) is 38.1 Å². The summed E-state index contributed by atoms with van der Waals surface area (Å²) >= 11 is 3.46. The topological polar surface area (TPSA) is 35.6 Å². The number of rotatable bonds is 5. The lowest BCUT2D eigenvalue weighted by atomic mass is 10.1. The molecule has 1 saturated heterocycles. The molecule has 1 amide bonds. The Balaban J connectivity index is 1.71. The monoisotopic (exact) mass is 353 g/mol. The SMILES string of the molecule is Cc1c(Br)cccc1C(=O)NCCCN1CCN(C)CC1. The molecule has 1 aromatic rings. The van der Waals surface area contributed by atoms with Crippen LogP contribution >= 0.6 is 15.9 Å². The number of carbonyl (C=O) groups is 1. The van der Waals surface area contributed by atoms with Gasteiger partial charge in [0, 0.05) is 42.8 Å². The summed E-state index contributed by atoms with van der Waals surface area (Å²) in [6.07, 6.45) is 1.00. The van der Waals surface area contributed by atoms with Crippen molar-refractivity contribution in [3.05, 3.63) is 33.8 Å². The molecule has 0 atom stereocenters. The number of hydrogen-bond acceptors (Lipinski definition) is 3. The molecule has 0 spiro atoms. The van der Waals surface area contributed by atoms with E-state index in [0.29, 0.717) is 0 Å². The van der Waals surface area contributed by atoms with Gasteiger partial charge in [-0.25, -0.2) is 0 Å². The van der Waals surface area contributed by atoms with Gasteiger partial charge in [-0.3, -0.25) is 4.79 Å². The highest BCUT2D eigenvalue weighted by molar-refractivity contribution is 9.10. The molecule has 4 nitrogen and oxygen atoms in total.